The summed E-state index contributed by atoms with van der Waals surface area (Å²) < 4.78 is 29.4. The van der Waals surface area contributed by atoms with Crippen LogP contribution in [0.4, 0.5) is 0 Å². The standard InChI is InChI=1S/C22H18ClN5O4S2/c23-17-5-4-15-11-20(33-19(15)12-17)34(31,32)27-9-7-26(8-10-27)22(29)16-13-24-21(25-14-16)18-3-1-2-6-28(18)30/h1-6,11-14H,7-10H2. The Morgan fingerprint density at radius 2 is 1.79 bits per heavy atom. The van der Waals surface area contributed by atoms with Crippen molar-refractivity contribution in [1.82, 2.24) is 19.2 Å². The van der Waals surface area contributed by atoms with Crippen LogP contribution >= 0.6 is 22.9 Å². The molecule has 0 unspecified atom stereocenters. The summed E-state index contributed by atoms with van der Waals surface area (Å²) in [7, 11) is -3.68. The highest BCUT2D eigenvalue weighted by atomic mass is 35.5. The number of halogens is 1. The van der Waals surface area contributed by atoms with Gasteiger partial charge in [-0.1, -0.05) is 17.7 Å². The number of rotatable bonds is 4. The number of amides is 1. The van der Waals surface area contributed by atoms with Crippen molar-refractivity contribution in [3.8, 4) is 11.5 Å². The van der Waals surface area contributed by atoms with Gasteiger partial charge in [-0.15, -0.1) is 11.3 Å². The molecule has 0 N–H and O–H groups in total. The van der Waals surface area contributed by atoms with E-state index in [2.05, 4.69) is 9.97 Å². The summed E-state index contributed by atoms with van der Waals surface area (Å²) in [6.45, 7) is 0.857. The zero-order valence-electron chi connectivity index (χ0n) is 17.7. The summed E-state index contributed by atoms with van der Waals surface area (Å²) in [5.41, 5.74) is 0.554. The van der Waals surface area contributed by atoms with Crippen molar-refractivity contribution < 1.29 is 17.9 Å². The lowest BCUT2D eigenvalue weighted by molar-refractivity contribution is -0.594. The maximum Gasteiger partial charge on any atom is 0.261 e. The molecule has 0 saturated carbocycles. The second kappa shape index (κ2) is 8.91. The highest BCUT2D eigenvalue weighted by Crippen LogP contribution is 2.33. The molecule has 4 aromatic rings. The maximum absolute atomic E-state index is 13.1. The Bertz CT molecular complexity index is 1480. The third-order valence-electron chi connectivity index (χ3n) is 5.53. The average molecular weight is 516 g/mol. The van der Waals surface area contributed by atoms with Gasteiger partial charge in [0.15, 0.2) is 6.20 Å². The highest BCUT2D eigenvalue weighted by molar-refractivity contribution is 7.91. The molecule has 3 aromatic heterocycles. The van der Waals surface area contributed by atoms with Crippen LogP contribution in [0.25, 0.3) is 21.6 Å². The molecule has 1 saturated heterocycles. The number of sulfonamides is 1. The van der Waals surface area contributed by atoms with E-state index in [1.807, 2.05) is 0 Å². The number of carbonyl (C=O) groups excluding carboxylic acids is 1. The van der Waals surface area contributed by atoms with E-state index >= 15 is 0 Å². The van der Waals surface area contributed by atoms with Crippen molar-refractivity contribution in [2.45, 2.75) is 4.21 Å². The molecule has 1 aliphatic rings. The quantitative estimate of drug-likeness (QED) is 0.305. The molecular weight excluding hydrogens is 498 g/mol. The minimum absolute atomic E-state index is 0.183. The second-order valence-corrected chi connectivity index (χ2v) is 11.3. The Morgan fingerprint density at radius 1 is 1.06 bits per heavy atom. The smallest absolute Gasteiger partial charge is 0.261 e. The number of hydrogen-bond donors (Lipinski definition) is 0. The van der Waals surface area contributed by atoms with Crippen LogP contribution in [0.3, 0.4) is 0 Å². The fourth-order valence-corrected chi connectivity index (χ4v) is 6.97. The normalized spacial score (nSPS) is 15.0. The molecule has 12 heteroatoms. The molecule has 0 spiro atoms. The van der Waals surface area contributed by atoms with Crippen LogP contribution < -0.4 is 4.73 Å². The Labute approximate surface area is 204 Å². The molecule has 0 aliphatic carbocycles. The van der Waals surface area contributed by atoms with Crippen molar-refractivity contribution in [1.29, 1.82) is 0 Å². The highest BCUT2D eigenvalue weighted by Gasteiger charge is 2.32. The van der Waals surface area contributed by atoms with Crippen LogP contribution in [0.1, 0.15) is 10.4 Å². The SMILES string of the molecule is O=C(c1cnc(-c2cccc[n+]2[O-])nc1)N1CCN(S(=O)(=O)c2cc3ccc(Cl)cc3s2)CC1. The summed E-state index contributed by atoms with van der Waals surface area (Å²) in [6.07, 6.45) is 4.10. The number of benzene rings is 1. The van der Waals surface area contributed by atoms with Crippen molar-refractivity contribution in [3.05, 3.63) is 76.8 Å². The minimum atomic E-state index is -3.68. The van der Waals surface area contributed by atoms with Gasteiger partial charge in [0.25, 0.3) is 21.6 Å². The first-order valence-electron chi connectivity index (χ1n) is 10.3. The van der Waals surface area contributed by atoms with E-state index < -0.39 is 10.0 Å². The zero-order chi connectivity index (χ0) is 23.9. The summed E-state index contributed by atoms with van der Waals surface area (Å²) in [4.78, 5) is 22.8. The van der Waals surface area contributed by atoms with Gasteiger partial charge in [-0.25, -0.2) is 18.4 Å². The van der Waals surface area contributed by atoms with Crippen LogP contribution in [-0.2, 0) is 10.0 Å². The Balaban J connectivity index is 1.27. The number of carbonyl (C=O) groups is 1. The Kier molecular flexibility index (Phi) is 5.94. The zero-order valence-corrected chi connectivity index (χ0v) is 20.1. The van der Waals surface area contributed by atoms with Gasteiger partial charge in [0.2, 0.25) is 5.82 Å². The molecule has 174 valence electrons. The maximum atomic E-state index is 13.1. The number of thiophene rings is 1. The summed E-state index contributed by atoms with van der Waals surface area (Å²) in [5, 5.41) is 13.2. The molecule has 0 bridgehead atoms. The predicted octanol–water partition coefficient (Wildman–Crippen LogP) is 2.79. The van der Waals surface area contributed by atoms with Gasteiger partial charge in [0, 0.05) is 60.4 Å². The molecule has 1 aliphatic heterocycles. The topological polar surface area (TPSA) is 110 Å². The van der Waals surface area contributed by atoms with Crippen LogP contribution in [-0.4, -0.2) is 59.7 Å². The number of piperazine rings is 1. The fraction of sp³-hybridized carbons (Fsp3) is 0.182. The van der Waals surface area contributed by atoms with Crippen molar-refractivity contribution in [2.24, 2.45) is 0 Å². The third kappa shape index (κ3) is 4.23. The molecule has 4 heterocycles. The number of pyridine rings is 1. The molecule has 0 radical (unpaired) electrons. The molecule has 1 fully saturated rings. The van der Waals surface area contributed by atoms with Crippen molar-refractivity contribution in [2.75, 3.05) is 26.2 Å². The fourth-order valence-electron chi connectivity index (χ4n) is 3.72. The third-order valence-corrected chi connectivity index (χ3v) is 9.21. The van der Waals surface area contributed by atoms with Gasteiger partial charge in [-0.2, -0.15) is 9.04 Å². The summed E-state index contributed by atoms with van der Waals surface area (Å²) >= 11 is 7.20. The first-order chi connectivity index (χ1) is 16.3. The first-order valence-corrected chi connectivity index (χ1v) is 13.0. The van der Waals surface area contributed by atoms with Gasteiger partial charge in [0.05, 0.1) is 5.56 Å². The Hall–Kier alpha value is -3.12. The van der Waals surface area contributed by atoms with E-state index in [9.17, 15) is 18.4 Å². The number of fused-ring (bicyclic) bond motifs is 1. The summed E-state index contributed by atoms with van der Waals surface area (Å²) in [6, 6.07) is 11.8. The lowest BCUT2D eigenvalue weighted by Crippen LogP contribution is -2.50. The lowest BCUT2D eigenvalue weighted by atomic mass is 10.2. The number of hydrogen-bond acceptors (Lipinski definition) is 7. The van der Waals surface area contributed by atoms with E-state index in [4.69, 9.17) is 11.6 Å². The molecular formula is C22H18ClN5O4S2. The lowest BCUT2D eigenvalue weighted by Gasteiger charge is -2.33. The predicted molar refractivity (Wildman–Crippen MR) is 128 cm³/mol. The number of nitrogens with zero attached hydrogens (tertiary/aromatic N) is 5. The average Bonchev–Trinajstić information content (AvgIpc) is 3.28. The van der Waals surface area contributed by atoms with Gasteiger partial charge >= 0.3 is 0 Å². The van der Waals surface area contributed by atoms with Crippen LogP contribution in [0, 0.1) is 5.21 Å². The van der Waals surface area contributed by atoms with Crippen molar-refractivity contribution >= 4 is 49.0 Å². The molecule has 1 amide bonds. The van der Waals surface area contributed by atoms with E-state index in [1.165, 1.54) is 34.2 Å². The molecule has 34 heavy (non-hydrogen) atoms. The van der Waals surface area contributed by atoms with E-state index in [0.717, 1.165) is 10.1 Å². The van der Waals surface area contributed by atoms with Gasteiger partial charge < -0.3 is 10.1 Å². The van der Waals surface area contributed by atoms with Gasteiger partial charge in [-0.3, -0.25) is 4.79 Å². The monoisotopic (exact) mass is 515 g/mol. The van der Waals surface area contributed by atoms with Crippen LogP contribution in [0.2, 0.25) is 5.02 Å². The molecule has 9 nitrogen and oxygen atoms in total. The van der Waals surface area contributed by atoms with Crippen LogP contribution in [0.15, 0.2) is 65.3 Å². The van der Waals surface area contributed by atoms with Crippen LogP contribution in [0.5, 0.6) is 0 Å². The molecule has 5 rings (SSSR count). The molecule has 0 atom stereocenters. The van der Waals surface area contributed by atoms with Gasteiger partial charge in [-0.05, 0) is 29.7 Å². The van der Waals surface area contributed by atoms with E-state index in [0.29, 0.717) is 9.75 Å². The second-order valence-electron chi connectivity index (χ2n) is 7.65. The van der Waals surface area contributed by atoms with E-state index in [-0.39, 0.29) is 53.4 Å². The van der Waals surface area contributed by atoms with E-state index in [1.54, 1.807) is 47.4 Å². The summed E-state index contributed by atoms with van der Waals surface area (Å²) in [5.74, 6) is -0.0733. The first kappa shape index (κ1) is 22.7. The van der Waals surface area contributed by atoms with Crippen molar-refractivity contribution in [3.63, 3.8) is 0 Å². The number of aromatic nitrogens is 3. The molecule has 1 aromatic carbocycles. The van der Waals surface area contributed by atoms with Gasteiger partial charge in [0.1, 0.15) is 4.21 Å². The largest absolute Gasteiger partial charge is 0.618 e. The minimum Gasteiger partial charge on any atom is -0.618 e. The Morgan fingerprint density at radius 3 is 2.50 bits per heavy atom.